The summed E-state index contributed by atoms with van der Waals surface area (Å²) in [5.41, 5.74) is 3.08. The lowest BCUT2D eigenvalue weighted by atomic mass is 10.0. The van der Waals surface area contributed by atoms with Crippen LogP contribution in [0.1, 0.15) is 17.8 Å². The fourth-order valence-electron chi connectivity index (χ4n) is 3.41. The molecular formula is C21H21N3OS. The van der Waals surface area contributed by atoms with Crippen LogP contribution in [0.15, 0.2) is 60.1 Å². The van der Waals surface area contributed by atoms with E-state index in [1.54, 1.807) is 11.3 Å². The molecule has 1 amide bonds. The van der Waals surface area contributed by atoms with E-state index >= 15 is 0 Å². The van der Waals surface area contributed by atoms with E-state index in [0.717, 1.165) is 47.9 Å². The molecule has 4 rings (SSSR count). The smallest absolute Gasteiger partial charge is 0.228 e. The van der Waals surface area contributed by atoms with Crippen LogP contribution >= 0.6 is 11.3 Å². The van der Waals surface area contributed by atoms with Crippen molar-refractivity contribution in [3.63, 3.8) is 0 Å². The van der Waals surface area contributed by atoms with E-state index in [9.17, 15) is 4.79 Å². The number of carbonyl (C=O) groups excluding carboxylic acids is 1. The Morgan fingerprint density at radius 2 is 1.96 bits per heavy atom. The van der Waals surface area contributed by atoms with Crippen molar-refractivity contribution in [1.29, 1.82) is 0 Å². The standard InChI is InChI=1S/C21H21N3OS/c25-20(13-19-15-26-21(23-19)17-6-2-1-3-7-17)24-11-9-16(14-24)12-18-8-4-5-10-22-18/h1-8,10,15-16H,9,11-14H2. The maximum atomic E-state index is 12.6. The van der Waals surface area contributed by atoms with Gasteiger partial charge in [-0.1, -0.05) is 36.4 Å². The first-order valence-electron chi connectivity index (χ1n) is 8.95. The molecule has 4 nitrogen and oxygen atoms in total. The number of nitrogens with zero attached hydrogens (tertiary/aromatic N) is 3. The predicted molar refractivity (Wildman–Crippen MR) is 104 cm³/mol. The number of rotatable bonds is 5. The molecule has 5 heteroatoms. The molecule has 3 aromatic rings. The van der Waals surface area contributed by atoms with Crippen molar-refractivity contribution in [2.24, 2.45) is 5.92 Å². The van der Waals surface area contributed by atoms with E-state index in [0.29, 0.717) is 12.3 Å². The summed E-state index contributed by atoms with van der Waals surface area (Å²) in [6.45, 7) is 1.66. The molecule has 1 unspecified atom stereocenters. The lowest BCUT2D eigenvalue weighted by Crippen LogP contribution is -2.30. The van der Waals surface area contributed by atoms with Crippen molar-refractivity contribution < 1.29 is 4.79 Å². The highest BCUT2D eigenvalue weighted by Gasteiger charge is 2.27. The number of hydrogen-bond donors (Lipinski definition) is 0. The van der Waals surface area contributed by atoms with Crippen LogP contribution in [0, 0.1) is 5.92 Å². The average molecular weight is 363 g/mol. The summed E-state index contributed by atoms with van der Waals surface area (Å²) < 4.78 is 0. The molecule has 1 fully saturated rings. The maximum absolute atomic E-state index is 12.6. The first-order valence-corrected chi connectivity index (χ1v) is 9.83. The molecule has 1 aliphatic rings. The first-order chi connectivity index (χ1) is 12.8. The van der Waals surface area contributed by atoms with Gasteiger partial charge < -0.3 is 4.90 Å². The SMILES string of the molecule is O=C(Cc1csc(-c2ccccc2)n1)N1CCC(Cc2ccccn2)C1. The van der Waals surface area contributed by atoms with Crippen LogP contribution in [-0.4, -0.2) is 33.9 Å². The van der Waals surface area contributed by atoms with E-state index in [1.165, 1.54) is 0 Å². The van der Waals surface area contributed by atoms with Gasteiger partial charge in [0, 0.05) is 35.9 Å². The van der Waals surface area contributed by atoms with Crippen molar-refractivity contribution in [2.45, 2.75) is 19.3 Å². The lowest BCUT2D eigenvalue weighted by molar-refractivity contribution is -0.129. The molecule has 0 aliphatic carbocycles. The second kappa shape index (κ2) is 7.79. The number of amides is 1. The zero-order chi connectivity index (χ0) is 17.8. The molecular weight excluding hydrogens is 342 g/mol. The summed E-state index contributed by atoms with van der Waals surface area (Å²) >= 11 is 1.60. The van der Waals surface area contributed by atoms with Gasteiger partial charge in [-0.15, -0.1) is 11.3 Å². The molecule has 0 spiro atoms. The molecule has 0 bridgehead atoms. The number of benzene rings is 1. The lowest BCUT2D eigenvalue weighted by Gasteiger charge is -2.16. The van der Waals surface area contributed by atoms with Crippen molar-refractivity contribution in [3.05, 3.63) is 71.5 Å². The van der Waals surface area contributed by atoms with E-state index in [4.69, 9.17) is 0 Å². The van der Waals surface area contributed by atoms with E-state index in [1.807, 2.05) is 58.9 Å². The van der Waals surface area contributed by atoms with E-state index < -0.39 is 0 Å². The highest BCUT2D eigenvalue weighted by Crippen LogP contribution is 2.25. The molecule has 1 saturated heterocycles. The minimum atomic E-state index is 0.179. The van der Waals surface area contributed by atoms with Gasteiger partial charge in [-0.3, -0.25) is 9.78 Å². The molecule has 132 valence electrons. The van der Waals surface area contributed by atoms with Crippen LogP contribution in [0.2, 0.25) is 0 Å². The van der Waals surface area contributed by atoms with Crippen LogP contribution < -0.4 is 0 Å². The van der Waals surface area contributed by atoms with E-state index in [2.05, 4.69) is 16.0 Å². The molecule has 0 saturated carbocycles. The Morgan fingerprint density at radius 3 is 2.77 bits per heavy atom. The van der Waals surface area contributed by atoms with Gasteiger partial charge >= 0.3 is 0 Å². The molecule has 1 aromatic carbocycles. The zero-order valence-corrected chi connectivity index (χ0v) is 15.4. The number of aromatic nitrogens is 2. The third kappa shape index (κ3) is 3.99. The van der Waals surface area contributed by atoms with Crippen LogP contribution in [-0.2, 0) is 17.6 Å². The molecule has 2 aromatic heterocycles. The molecule has 0 N–H and O–H groups in total. The Balaban J connectivity index is 1.34. The molecule has 26 heavy (non-hydrogen) atoms. The number of pyridine rings is 1. The number of hydrogen-bond acceptors (Lipinski definition) is 4. The summed E-state index contributed by atoms with van der Waals surface area (Å²) in [6.07, 6.45) is 4.22. The van der Waals surface area contributed by atoms with Gasteiger partial charge in [0.15, 0.2) is 0 Å². The Morgan fingerprint density at radius 1 is 1.12 bits per heavy atom. The second-order valence-electron chi connectivity index (χ2n) is 6.71. The fourth-order valence-corrected chi connectivity index (χ4v) is 4.23. The Hall–Kier alpha value is -2.53. The van der Waals surface area contributed by atoms with Gasteiger partial charge in [0.2, 0.25) is 5.91 Å². The highest BCUT2D eigenvalue weighted by molar-refractivity contribution is 7.13. The minimum absolute atomic E-state index is 0.179. The van der Waals surface area contributed by atoms with Gasteiger partial charge in [-0.05, 0) is 30.9 Å². The fraction of sp³-hybridized carbons (Fsp3) is 0.286. The van der Waals surface area contributed by atoms with Gasteiger partial charge in [-0.2, -0.15) is 0 Å². The quantitative estimate of drug-likeness (QED) is 0.692. The van der Waals surface area contributed by atoms with Crippen molar-refractivity contribution in [3.8, 4) is 10.6 Å². The molecule has 1 aliphatic heterocycles. The average Bonchev–Trinajstić information content (AvgIpc) is 3.33. The first kappa shape index (κ1) is 16.9. The second-order valence-corrected chi connectivity index (χ2v) is 7.56. The van der Waals surface area contributed by atoms with Gasteiger partial charge in [0.05, 0.1) is 12.1 Å². The topological polar surface area (TPSA) is 46.1 Å². The Bertz CT molecular complexity index is 863. The van der Waals surface area contributed by atoms with Crippen molar-refractivity contribution in [2.75, 3.05) is 13.1 Å². The molecule has 0 radical (unpaired) electrons. The third-order valence-electron chi connectivity index (χ3n) is 4.77. The number of likely N-dealkylation sites (tertiary alicyclic amines) is 1. The number of thiazole rings is 1. The van der Waals surface area contributed by atoms with Gasteiger partial charge in [0.1, 0.15) is 5.01 Å². The zero-order valence-electron chi connectivity index (χ0n) is 14.5. The van der Waals surface area contributed by atoms with E-state index in [-0.39, 0.29) is 5.91 Å². The highest BCUT2D eigenvalue weighted by atomic mass is 32.1. The maximum Gasteiger partial charge on any atom is 0.228 e. The predicted octanol–water partition coefficient (Wildman–Crippen LogP) is 3.84. The van der Waals surface area contributed by atoms with Crippen LogP contribution in [0.3, 0.4) is 0 Å². The summed E-state index contributed by atoms with van der Waals surface area (Å²) in [4.78, 5) is 23.7. The Kier molecular flexibility index (Phi) is 5.07. The van der Waals surface area contributed by atoms with Crippen LogP contribution in [0.25, 0.3) is 10.6 Å². The number of carbonyl (C=O) groups is 1. The summed E-state index contributed by atoms with van der Waals surface area (Å²) in [5.74, 6) is 0.683. The van der Waals surface area contributed by atoms with Gasteiger partial charge in [-0.25, -0.2) is 4.98 Å². The summed E-state index contributed by atoms with van der Waals surface area (Å²) in [6, 6.07) is 16.1. The molecule has 3 heterocycles. The van der Waals surface area contributed by atoms with Crippen LogP contribution in [0.4, 0.5) is 0 Å². The summed E-state index contributed by atoms with van der Waals surface area (Å²) in [7, 11) is 0. The monoisotopic (exact) mass is 363 g/mol. The van der Waals surface area contributed by atoms with Crippen LogP contribution in [0.5, 0.6) is 0 Å². The minimum Gasteiger partial charge on any atom is -0.342 e. The third-order valence-corrected chi connectivity index (χ3v) is 5.71. The van der Waals surface area contributed by atoms with Crippen molar-refractivity contribution in [1.82, 2.24) is 14.9 Å². The van der Waals surface area contributed by atoms with Crippen molar-refractivity contribution >= 4 is 17.2 Å². The largest absolute Gasteiger partial charge is 0.342 e. The normalized spacial score (nSPS) is 16.8. The molecule has 1 atom stereocenters. The van der Waals surface area contributed by atoms with Gasteiger partial charge in [0.25, 0.3) is 0 Å². The summed E-state index contributed by atoms with van der Waals surface area (Å²) in [5, 5.41) is 2.98. The Labute approximate surface area is 157 Å².